The van der Waals surface area contributed by atoms with Gasteiger partial charge in [-0.1, -0.05) is 18.9 Å². The topological polar surface area (TPSA) is 66.4 Å². The molecule has 1 aliphatic heterocycles. The molecule has 0 saturated heterocycles. The molecule has 0 spiro atoms. The lowest BCUT2D eigenvalue weighted by molar-refractivity contribution is -0.123. The highest BCUT2D eigenvalue weighted by atomic mass is 16.3. The molecule has 4 heteroatoms. The first-order valence-corrected chi connectivity index (χ1v) is 6.31. The Labute approximate surface area is 101 Å². The van der Waals surface area contributed by atoms with Crippen LogP contribution in [-0.4, -0.2) is 29.4 Å². The predicted molar refractivity (Wildman–Crippen MR) is 63.2 cm³/mol. The van der Waals surface area contributed by atoms with Crippen molar-refractivity contribution in [3.63, 3.8) is 0 Å². The standard InChI is InChI=1S/C13H19NO3/c1-2-3-8-6-12(17)14-13-9(8)4-5-11(16)10(13)7-15/h6-7,9-11,13,16H,2-5H2,1H3,(H,14,17). The van der Waals surface area contributed by atoms with Crippen LogP contribution < -0.4 is 5.32 Å². The van der Waals surface area contributed by atoms with Crippen LogP contribution in [0.2, 0.25) is 0 Å². The molecular weight excluding hydrogens is 218 g/mol. The van der Waals surface area contributed by atoms with E-state index in [4.69, 9.17) is 0 Å². The number of amides is 1. The normalized spacial score (nSPS) is 36.8. The van der Waals surface area contributed by atoms with Crippen LogP contribution in [0.15, 0.2) is 11.6 Å². The maximum atomic E-state index is 11.6. The van der Waals surface area contributed by atoms with Gasteiger partial charge in [-0.15, -0.1) is 0 Å². The SMILES string of the molecule is CCCC1=CC(=O)NC2C1CCC(O)C2C=O. The van der Waals surface area contributed by atoms with Gasteiger partial charge >= 0.3 is 0 Å². The number of hydrogen-bond acceptors (Lipinski definition) is 3. The molecule has 17 heavy (non-hydrogen) atoms. The van der Waals surface area contributed by atoms with Crippen molar-refractivity contribution in [2.45, 2.75) is 44.8 Å². The molecule has 1 amide bonds. The molecular formula is C13H19NO3. The minimum Gasteiger partial charge on any atom is -0.392 e. The lowest BCUT2D eigenvalue weighted by atomic mass is 9.70. The van der Waals surface area contributed by atoms with Crippen LogP contribution in [0.4, 0.5) is 0 Å². The first-order valence-electron chi connectivity index (χ1n) is 6.31. The van der Waals surface area contributed by atoms with Crippen LogP contribution >= 0.6 is 0 Å². The van der Waals surface area contributed by atoms with Gasteiger partial charge in [-0.3, -0.25) is 4.79 Å². The van der Waals surface area contributed by atoms with E-state index in [-0.39, 0.29) is 17.9 Å². The molecule has 1 heterocycles. The molecule has 0 aromatic heterocycles. The minimum atomic E-state index is -0.616. The zero-order valence-corrected chi connectivity index (χ0v) is 10.1. The first kappa shape index (κ1) is 12.3. The Kier molecular flexibility index (Phi) is 3.62. The summed E-state index contributed by atoms with van der Waals surface area (Å²) in [5.41, 5.74) is 1.14. The maximum absolute atomic E-state index is 11.6. The van der Waals surface area contributed by atoms with Crippen LogP contribution in [0.3, 0.4) is 0 Å². The molecule has 0 radical (unpaired) electrons. The van der Waals surface area contributed by atoms with Crippen molar-refractivity contribution in [3.8, 4) is 0 Å². The van der Waals surface area contributed by atoms with Crippen molar-refractivity contribution in [1.82, 2.24) is 5.32 Å². The van der Waals surface area contributed by atoms with Crippen molar-refractivity contribution in [1.29, 1.82) is 0 Å². The quantitative estimate of drug-likeness (QED) is 0.713. The molecule has 4 unspecified atom stereocenters. The van der Waals surface area contributed by atoms with Crippen LogP contribution in [-0.2, 0) is 9.59 Å². The van der Waals surface area contributed by atoms with E-state index in [1.807, 2.05) is 0 Å². The zero-order valence-electron chi connectivity index (χ0n) is 10.1. The fourth-order valence-corrected chi connectivity index (χ4v) is 3.05. The second-order valence-electron chi connectivity index (χ2n) is 4.97. The number of aldehydes is 1. The van der Waals surface area contributed by atoms with Crippen molar-refractivity contribution >= 4 is 12.2 Å². The summed E-state index contributed by atoms with van der Waals surface area (Å²) in [6.45, 7) is 2.08. The largest absolute Gasteiger partial charge is 0.392 e. The Morgan fingerprint density at radius 2 is 2.29 bits per heavy atom. The van der Waals surface area contributed by atoms with E-state index in [1.54, 1.807) is 6.08 Å². The molecule has 1 fully saturated rings. The molecule has 2 N–H and O–H groups in total. The van der Waals surface area contributed by atoms with Crippen LogP contribution in [0.25, 0.3) is 0 Å². The molecule has 1 saturated carbocycles. The van der Waals surface area contributed by atoms with E-state index in [1.165, 1.54) is 0 Å². The van der Waals surface area contributed by atoms with Crippen LogP contribution in [0.5, 0.6) is 0 Å². The predicted octanol–water partition coefficient (Wildman–Crippen LogP) is 0.797. The number of carbonyl (C=O) groups excluding carboxylic acids is 2. The summed E-state index contributed by atoms with van der Waals surface area (Å²) in [5.74, 6) is -0.361. The molecule has 0 bridgehead atoms. The highest BCUT2D eigenvalue weighted by Gasteiger charge is 2.42. The Morgan fingerprint density at radius 3 is 2.94 bits per heavy atom. The van der Waals surface area contributed by atoms with Crippen LogP contribution in [0, 0.1) is 11.8 Å². The fraction of sp³-hybridized carbons (Fsp3) is 0.692. The summed E-state index contributed by atoms with van der Waals surface area (Å²) in [5, 5.41) is 12.6. The van der Waals surface area contributed by atoms with Gasteiger partial charge in [0.2, 0.25) is 5.91 Å². The molecule has 0 aromatic rings. The number of aliphatic hydroxyl groups is 1. The van der Waals surface area contributed by atoms with Crippen molar-refractivity contribution in [2.24, 2.45) is 11.8 Å². The van der Waals surface area contributed by atoms with E-state index >= 15 is 0 Å². The third-order valence-electron chi connectivity index (χ3n) is 3.86. The van der Waals surface area contributed by atoms with Gasteiger partial charge in [0, 0.05) is 18.0 Å². The molecule has 4 nitrogen and oxygen atoms in total. The average molecular weight is 237 g/mol. The van der Waals surface area contributed by atoms with Crippen molar-refractivity contribution < 1.29 is 14.7 Å². The number of carbonyl (C=O) groups is 2. The highest BCUT2D eigenvalue weighted by molar-refractivity contribution is 5.90. The molecule has 1 aliphatic carbocycles. The van der Waals surface area contributed by atoms with Gasteiger partial charge in [-0.05, 0) is 19.3 Å². The van der Waals surface area contributed by atoms with Gasteiger partial charge in [0.25, 0.3) is 0 Å². The lowest BCUT2D eigenvalue weighted by Crippen LogP contribution is -2.55. The third kappa shape index (κ3) is 2.27. The highest BCUT2D eigenvalue weighted by Crippen LogP contribution is 2.37. The summed E-state index contributed by atoms with van der Waals surface area (Å²) in [6, 6.07) is -0.213. The monoisotopic (exact) mass is 237 g/mol. The van der Waals surface area contributed by atoms with Crippen molar-refractivity contribution in [2.75, 3.05) is 0 Å². The van der Waals surface area contributed by atoms with E-state index in [0.29, 0.717) is 6.42 Å². The van der Waals surface area contributed by atoms with Crippen molar-refractivity contribution in [3.05, 3.63) is 11.6 Å². The minimum absolute atomic E-state index is 0.129. The molecule has 4 atom stereocenters. The van der Waals surface area contributed by atoms with E-state index in [0.717, 1.165) is 31.1 Å². The number of aliphatic hydroxyl groups excluding tert-OH is 1. The number of hydrogen-bond donors (Lipinski definition) is 2. The Bertz CT molecular complexity index is 351. The zero-order chi connectivity index (χ0) is 12.4. The molecule has 0 aromatic carbocycles. The maximum Gasteiger partial charge on any atom is 0.244 e. The van der Waals surface area contributed by atoms with E-state index in [9.17, 15) is 14.7 Å². The fourth-order valence-electron chi connectivity index (χ4n) is 3.05. The summed E-state index contributed by atoms with van der Waals surface area (Å²) < 4.78 is 0. The van der Waals surface area contributed by atoms with Gasteiger partial charge in [-0.2, -0.15) is 0 Å². The van der Waals surface area contributed by atoms with Crippen LogP contribution in [0.1, 0.15) is 32.6 Å². The van der Waals surface area contributed by atoms with E-state index < -0.39 is 12.0 Å². The molecule has 2 rings (SSSR count). The molecule has 94 valence electrons. The summed E-state index contributed by atoms with van der Waals surface area (Å²) >= 11 is 0. The lowest BCUT2D eigenvalue weighted by Gasteiger charge is -2.42. The first-order chi connectivity index (χ1) is 8.17. The average Bonchev–Trinajstić information content (AvgIpc) is 2.29. The smallest absolute Gasteiger partial charge is 0.244 e. The third-order valence-corrected chi connectivity index (χ3v) is 3.86. The van der Waals surface area contributed by atoms with Gasteiger partial charge in [0.05, 0.1) is 12.0 Å². The summed E-state index contributed by atoms with van der Waals surface area (Å²) in [7, 11) is 0. The second-order valence-corrected chi connectivity index (χ2v) is 4.97. The summed E-state index contributed by atoms with van der Waals surface area (Å²) in [6.07, 6.45) is 5.23. The number of fused-ring (bicyclic) bond motifs is 1. The Morgan fingerprint density at radius 1 is 1.53 bits per heavy atom. The van der Waals surface area contributed by atoms with Gasteiger partial charge in [0.15, 0.2) is 0 Å². The van der Waals surface area contributed by atoms with Gasteiger partial charge in [0.1, 0.15) is 6.29 Å². The van der Waals surface area contributed by atoms with E-state index in [2.05, 4.69) is 12.2 Å². The Balaban J connectivity index is 2.25. The van der Waals surface area contributed by atoms with Gasteiger partial charge < -0.3 is 15.2 Å². The van der Waals surface area contributed by atoms with Gasteiger partial charge in [-0.25, -0.2) is 0 Å². The number of rotatable bonds is 3. The number of nitrogens with one attached hydrogen (secondary N) is 1. The second kappa shape index (κ2) is 5.00. The molecule has 2 aliphatic rings. The Hall–Kier alpha value is -1.16. The summed E-state index contributed by atoms with van der Waals surface area (Å²) in [4.78, 5) is 22.7.